The van der Waals surface area contributed by atoms with Gasteiger partial charge in [0.05, 0.1) is 11.0 Å². The number of hydrogen-bond donors (Lipinski definition) is 1. The van der Waals surface area contributed by atoms with Crippen molar-refractivity contribution in [2.45, 2.75) is 19.4 Å². The van der Waals surface area contributed by atoms with Crippen LogP contribution >= 0.6 is 0 Å². The normalized spacial score (nSPS) is 19.3. The lowest BCUT2D eigenvalue weighted by Gasteiger charge is -2.28. The number of fused-ring (bicyclic) bond motifs is 1. The van der Waals surface area contributed by atoms with Gasteiger partial charge in [-0.05, 0) is 0 Å². The number of amides is 1. The Kier molecular flexibility index (Phi) is 3.16. The zero-order valence-corrected chi connectivity index (χ0v) is 9.85. The van der Waals surface area contributed by atoms with E-state index in [0.717, 1.165) is 13.0 Å². The standard InChI is InChI=1S/C10H7F3N2O5/c1-4(16)14-5-2-8-7(3-6(5)15(17)18)19-9(11)10(12,13)20-8/h2-3,9H,1H3,(H,14,16). The number of ether oxygens (including phenoxy) is 2. The number of carbonyl (C=O) groups excluding carboxylic acids is 1. The summed E-state index contributed by atoms with van der Waals surface area (Å²) in [5.74, 6) is -1.82. The van der Waals surface area contributed by atoms with Gasteiger partial charge in [0.15, 0.2) is 11.5 Å². The molecular weight excluding hydrogens is 285 g/mol. The van der Waals surface area contributed by atoms with Crippen molar-refractivity contribution in [3.05, 3.63) is 22.2 Å². The molecule has 108 valence electrons. The third-order valence-corrected chi connectivity index (χ3v) is 2.31. The molecule has 0 bridgehead atoms. The van der Waals surface area contributed by atoms with Crippen LogP contribution < -0.4 is 14.8 Å². The van der Waals surface area contributed by atoms with Crippen molar-refractivity contribution in [1.82, 2.24) is 0 Å². The van der Waals surface area contributed by atoms with Crippen LogP contribution in [0.4, 0.5) is 24.5 Å². The van der Waals surface area contributed by atoms with Crippen molar-refractivity contribution in [3.63, 3.8) is 0 Å². The SMILES string of the molecule is CC(=O)Nc1cc2c(cc1[N+](=O)[O-])OC(F)C(F)(F)O2. The lowest BCUT2D eigenvalue weighted by Crippen LogP contribution is -2.43. The van der Waals surface area contributed by atoms with Crippen molar-refractivity contribution >= 4 is 17.3 Å². The Morgan fingerprint density at radius 3 is 2.65 bits per heavy atom. The molecule has 7 nitrogen and oxygen atoms in total. The molecule has 1 unspecified atom stereocenters. The van der Waals surface area contributed by atoms with E-state index in [1.54, 1.807) is 0 Å². The largest absolute Gasteiger partial charge is 0.468 e. The maximum absolute atomic E-state index is 13.0. The van der Waals surface area contributed by atoms with Crippen LogP contribution in [0.3, 0.4) is 0 Å². The first-order chi connectivity index (χ1) is 9.20. The topological polar surface area (TPSA) is 90.7 Å². The molecular formula is C10H7F3N2O5. The molecule has 10 heteroatoms. The molecule has 1 aromatic carbocycles. The monoisotopic (exact) mass is 292 g/mol. The predicted molar refractivity (Wildman–Crippen MR) is 58.5 cm³/mol. The van der Waals surface area contributed by atoms with Crippen LogP contribution in [0.1, 0.15) is 6.92 Å². The highest BCUT2D eigenvalue weighted by molar-refractivity contribution is 5.92. The van der Waals surface area contributed by atoms with Gasteiger partial charge in [-0.25, -0.2) is 0 Å². The van der Waals surface area contributed by atoms with Gasteiger partial charge in [0.25, 0.3) is 5.69 Å². The van der Waals surface area contributed by atoms with Crippen LogP contribution in [0.25, 0.3) is 0 Å². The van der Waals surface area contributed by atoms with Crippen molar-refractivity contribution in [2.24, 2.45) is 0 Å². The van der Waals surface area contributed by atoms with E-state index in [9.17, 15) is 28.1 Å². The molecule has 0 aromatic heterocycles. The van der Waals surface area contributed by atoms with E-state index in [1.165, 1.54) is 0 Å². The number of nitrogens with one attached hydrogen (secondary N) is 1. The second kappa shape index (κ2) is 4.54. The van der Waals surface area contributed by atoms with E-state index in [-0.39, 0.29) is 5.69 Å². The third-order valence-electron chi connectivity index (χ3n) is 2.31. The summed E-state index contributed by atoms with van der Waals surface area (Å²) in [7, 11) is 0. The summed E-state index contributed by atoms with van der Waals surface area (Å²) >= 11 is 0. The first-order valence-electron chi connectivity index (χ1n) is 5.18. The van der Waals surface area contributed by atoms with Crippen molar-refractivity contribution in [3.8, 4) is 11.5 Å². The first-order valence-corrected chi connectivity index (χ1v) is 5.18. The lowest BCUT2D eigenvalue weighted by atomic mass is 10.2. The molecule has 0 saturated carbocycles. The molecule has 1 aliphatic heterocycles. The Balaban J connectivity index is 2.51. The molecule has 0 aliphatic carbocycles. The lowest BCUT2D eigenvalue weighted by molar-refractivity contribution is -0.384. The van der Waals surface area contributed by atoms with Crippen LogP contribution in [0, 0.1) is 10.1 Å². The first kappa shape index (κ1) is 13.9. The van der Waals surface area contributed by atoms with E-state index in [0.29, 0.717) is 6.07 Å². The summed E-state index contributed by atoms with van der Waals surface area (Å²) in [4.78, 5) is 20.9. The van der Waals surface area contributed by atoms with Crippen molar-refractivity contribution in [2.75, 3.05) is 5.32 Å². The zero-order valence-electron chi connectivity index (χ0n) is 9.85. The molecule has 1 N–H and O–H groups in total. The average Bonchev–Trinajstić information content (AvgIpc) is 2.29. The number of alkyl halides is 3. The fourth-order valence-corrected chi connectivity index (χ4v) is 1.53. The van der Waals surface area contributed by atoms with Crippen LogP contribution in [0.15, 0.2) is 12.1 Å². The molecule has 1 amide bonds. The van der Waals surface area contributed by atoms with Crippen LogP contribution in [-0.2, 0) is 4.79 Å². The minimum absolute atomic E-state index is 0.363. The number of benzene rings is 1. The number of anilines is 1. The van der Waals surface area contributed by atoms with Gasteiger partial charge in [0.1, 0.15) is 5.69 Å². The van der Waals surface area contributed by atoms with Gasteiger partial charge >= 0.3 is 12.5 Å². The average molecular weight is 292 g/mol. The van der Waals surface area contributed by atoms with Crippen LogP contribution in [0.5, 0.6) is 11.5 Å². The summed E-state index contributed by atoms with van der Waals surface area (Å²) in [6.07, 6.45) is -7.31. The van der Waals surface area contributed by atoms with Gasteiger partial charge in [0.2, 0.25) is 5.91 Å². The highest BCUT2D eigenvalue weighted by Crippen LogP contribution is 2.45. The predicted octanol–water partition coefficient (Wildman–Crippen LogP) is 2.21. The van der Waals surface area contributed by atoms with E-state index < -0.39 is 40.5 Å². The van der Waals surface area contributed by atoms with Gasteiger partial charge in [-0.2, -0.15) is 13.2 Å². The second-order valence-corrected chi connectivity index (χ2v) is 3.85. The second-order valence-electron chi connectivity index (χ2n) is 3.85. The summed E-state index contributed by atoms with van der Waals surface area (Å²) in [6, 6.07) is 1.47. The van der Waals surface area contributed by atoms with Gasteiger partial charge in [-0.1, -0.05) is 0 Å². The number of nitrogens with zero attached hydrogens (tertiary/aromatic N) is 1. The highest BCUT2D eigenvalue weighted by atomic mass is 19.3. The minimum atomic E-state index is -4.23. The maximum Gasteiger partial charge on any atom is 0.468 e. The third kappa shape index (κ3) is 2.44. The Labute approximate surface area is 109 Å². The maximum atomic E-state index is 13.0. The van der Waals surface area contributed by atoms with Crippen molar-refractivity contribution in [1.29, 1.82) is 0 Å². The molecule has 0 radical (unpaired) electrons. The number of hydrogen-bond acceptors (Lipinski definition) is 5. The molecule has 1 heterocycles. The van der Waals surface area contributed by atoms with Crippen molar-refractivity contribution < 1.29 is 32.4 Å². The Hall–Kier alpha value is -2.52. The minimum Gasteiger partial charge on any atom is -0.447 e. The summed E-state index contributed by atoms with van der Waals surface area (Å²) in [5, 5.41) is 12.9. The number of carbonyl (C=O) groups is 1. The van der Waals surface area contributed by atoms with Gasteiger partial charge in [-0.3, -0.25) is 14.9 Å². The summed E-state index contributed by atoms with van der Waals surface area (Å²) in [6.45, 7) is 1.08. The molecule has 0 spiro atoms. The van der Waals surface area contributed by atoms with Gasteiger partial charge in [-0.15, -0.1) is 0 Å². The zero-order chi connectivity index (χ0) is 15.1. The van der Waals surface area contributed by atoms with E-state index >= 15 is 0 Å². The highest BCUT2D eigenvalue weighted by Gasteiger charge is 2.50. The fraction of sp³-hybridized carbons (Fsp3) is 0.300. The molecule has 0 fully saturated rings. The smallest absolute Gasteiger partial charge is 0.447 e. The number of nitro groups is 1. The summed E-state index contributed by atoms with van der Waals surface area (Å²) in [5.41, 5.74) is -1.00. The quantitative estimate of drug-likeness (QED) is 0.666. The Bertz CT molecular complexity index is 593. The number of halogens is 3. The molecule has 1 atom stereocenters. The Morgan fingerprint density at radius 2 is 2.10 bits per heavy atom. The van der Waals surface area contributed by atoms with E-state index in [1.807, 2.05) is 0 Å². The molecule has 0 saturated heterocycles. The van der Waals surface area contributed by atoms with Gasteiger partial charge < -0.3 is 14.8 Å². The molecule has 1 aromatic rings. The number of nitro benzene ring substituents is 1. The summed E-state index contributed by atoms with van der Waals surface area (Å²) < 4.78 is 47.2. The van der Waals surface area contributed by atoms with Crippen LogP contribution in [-0.4, -0.2) is 23.3 Å². The van der Waals surface area contributed by atoms with Gasteiger partial charge in [0, 0.05) is 13.0 Å². The van der Waals surface area contributed by atoms with E-state index in [2.05, 4.69) is 14.8 Å². The number of rotatable bonds is 2. The molecule has 20 heavy (non-hydrogen) atoms. The van der Waals surface area contributed by atoms with E-state index in [4.69, 9.17) is 0 Å². The fourth-order valence-electron chi connectivity index (χ4n) is 1.53. The van der Waals surface area contributed by atoms with Crippen LogP contribution in [0.2, 0.25) is 0 Å². The molecule has 1 aliphatic rings. The Morgan fingerprint density at radius 1 is 1.45 bits per heavy atom. The molecule has 2 rings (SSSR count).